The molecule has 144 valence electrons. The zero-order valence-corrected chi connectivity index (χ0v) is 17.6. The molecule has 0 saturated heterocycles. The van der Waals surface area contributed by atoms with Gasteiger partial charge in [0.1, 0.15) is 0 Å². The summed E-state index contributed by atoms with van der Waals surface area (Å²) in [6, 6.07) is 0. The number of rotatable bonds is 14. The van der Waals surface area contributed by atoms with E-state index >= 15 is 0 Å². The highest BCUT2D eigenvalue weighted by Crippen LogP contribution is 2.18. The molecule has 0 aromatic rings. The predicted octanol–water partition coefficient (Wildman–Crippen LogP) is 6.68. The zero-order valence-electron chi connectivity index (χ0n) is 17.7. The molecule has 0 N–H and O–H groups in total. The Balaban J connectivity index is 4.42. The Bertz CT molecular complexity index is 492. The van der Waals surface area contributed by atoms with Crippen LogP contribution < -0.4 is 0 Å². The molecule has 0 fully saturated rings. The zero-order chi connectivity index (χ0) is 19.9. The highest BCUT2D eigenvalue weighted by molar-refractivity contribution is 7.17. The summed E-state index contributed by atoms with van der Waals surface area (Å²) in [6.07, 6.45) is 10.5. The van der Waals surface area contributed by atoms with Crippen molar-refractivity contribution in [3.63, 3.8) is 0 Å². The Hall–Kier alpha value is -0.800. The van der Waals surface area contributed by atoms with Gasteiger partial charge < -0.3 is 4.74 Å². The quantitative estimate of drug-likeness (QED) is 0.112. The Morgan fingerprint density at radius 2 is 1.72 bits per heavy atom. The Kier molecular flexibility index (Phi) is 13.7. The highest BCUT2D eigenvalue weighted by Gasteiger charge is 2.17. The molecule has 0 spiro atoms. The SMILES string of the molecule is [3H][P+](=O)OOC(CC(C)CCC=C(C)C)OCC=C(C)CCC=C(C)C. The van der Waals surface area contributed by atoms with E-state index in [2.05, 4.69) is 58.4 Å². The van der Waals surface area contributed by atoms with Gasteiger partial charge in [-0.05, 0) is 70.8 Å². The number of hydrogen-bond donors (Lipinski definition) is 0. The molecule has 3 unspecified atom stereocenters. The summed E-state index contributed by atoms with van der Waals surface area (Å²) in [5.41, 5.74) is 3.89. The second-order valence-corrected chi connectivity index (χ2v) is 7.38. The number of allylic oxidation sites excluding steroid dienone is 5. The summed E-state index contributed by atoms with van der Waals surface area (Å²) in [4.78, 5) is 5.05. The highest BCUT2D eigenvalue weighted by atomic mass is 31.1. The fraction of sp³-hybridized carbons (Fsp3) is 0.700. The van der Waals surface area contributed by atoms with E-state index in [-0.39, 0.29) is 0 Å². The first kappa shape index (κ1) is 22.2. The van der Waals surface area contributed by atoms with Gasteiger partial charge in [-0.15, -0.1) is 0 Å². The molecule has 0 bridgehead atoms. The molecule has 25 heavy (non-hydrogen) atoms. The van der Waals surface area contributed by atoms with Gasteiger partial charge in [-0.2, -0.15) is 4.89 Å². The van der Waals surface area contributed by atoms with Crippen LogP contribution in [0.1, 0.15) is 73.6 Å². The molecule has 0 aliphatic heterocycles. The van der Waals surface area contributed by atoms with Crippen molar-refractivity contribution in [1.29, 1.82) is 1.28 Å². The van der Waals surface area contributed by atoms with Crippen LogP contribution in [-0.2, 0) is 18.9 Å². The topological polar surface area (TPSA) is 44.8 Å². The third-order valence-electron chi connectivity index (χ3n) is 3.79. The van der Waals surface area contributed by atoms with Crippen molar-refractivity contribution in [2.75, 3.05) is 6.61 Å². The normalized spacial score (nSPS) is 15.2. The minimum atomic E-state index is -2.55. The first-order valence-electron chi connectivity index (χ1n) is 9.49. The monoisotopic (exact) mass is 373 g/mol. The second-order valence-electron chi connectivity index (χ2n) is 7.08. The lowest BCUT2D eigenvalue weighted by molar-refractivity contribution is -0.316. The smallest absolute Gasteiger partial charge is 0.345 e. The summed E-state index contributed by atoms with van der Waals surface area (Å²) >= 11 is 0. The average molecular weight is 373 g/mol. The van der Waals surface area contributed by atoms with E-state index in [1.165, 1.54) is 16.7 Å². The molecule has 4 nitrogen and oxygen atoms in total. The summed E-state index contributed by atoms with van der Waals surface area (Å²) in [5, 5.41) is 0. The molecule has 0 aromatic heterocycles. The maximum atomic E-state index is 10.8. The third kappa shape index (κ3) is 16.4. The Labute approximate surface area is 156 Å². The van der Waals surface area contributed by atoms with Crippen LogP contribution in [0.25, 0.3) is 0 Å². The van der Waals surface area contributed by atoms with Crippen LogP contribution in [0.15, 0.2) is 34.9 Å². The van der Waals surface area contributed by atoms with Crippen LogP contribution >= 0.6 is 8.63 Å². The van der Waals surface area contributed by atoms with Gasteiger partial charge in [-0.3, -0.25) is 0 Å². The van der Waals surface area contributed by atoms with Gasteiger partial charge in [0.15, 0.2) is 6.29 Å². The molecule has 0 heterocycles. The number of ether oxygens (including phenoxy) is 1. The van der Waals surface area contributed by atoms with Gasteiger partial charge in [-0.25, -0.2) is 0 Å². The first-order valence-corrected chi connectivity index (χ1v) is 9.77. The third-order valence-corrected chi connectivity index (χ3v) is 3.94. The standard InChI is InChI=1S/C20H36O4P/c1-16(2)9-7-11-18(5)13-14-22-20(23-24-25-21)15-19(6)12-8-10-17(3)4/h9-10,13,19-20,25H,7-8,11-12,14-15H2,1-6H3/q+1/i25T. The van der Waals surface area contributed by atoms with Crippen molar-refractivity contribution < 1.29 is 18.9 Å². The van der Waals surface area contributed by atoms with Crippen LogP contribution in [0.5, 0.6) is 0 Å². The summed E-state index contributed by atoms with van der Waals surface area (Å²) < 4.78 is 28.0. The molecule has 0 saturated carbocycles. The van der Waals surface area contributed by atoms with Crippen molar-refractivity contribution in [2.45, 2.75) is 79.9 Å². The molecule has 0 rings (SSSR count). The van der Waals surface area contributed by atoms with Crippen molar-refractivity contribution in [1.82, 2.24) is 0 Å². The fourth-order valence-electron chi connectivity index (χ4n) is 2.29. The van der Waals surface area contributed by atoms with E-state index in [0.717, 1.165) is 25.7 Å². The maximum absolute atomic E-state index is 10.8. The molecule has 3 atom stereocenters. The number of hydrogen-bond acceptors (Lipinski definition) is 4. The minimum absolute atomic E-state index is 0.366. The van der Waals surface area contributed by atoms with Crippen molar-refractivity contribution in [3.8, 4) is 0 Å². The lowest BCUT2D eigenvalue weighted by Gasteiger charge is -2.17. The fourth-order valence-corrected chi connectivity index (χ4v) is 2.42. The van der Waals surface area contributed by atoms with Gasteiger partial charge in [-0.1, -0.05) is 41.9 Å². The van der Waals surface area contributed by atoms with Gasteiger partial charge >= 0.3 is 9.91 Å². The van der Waals surface area contributed by atoms with Crippen molar-refractivity contribution >= 4 is 8.63 Å². The molecule has 5 heteroatoms. The molecule has 0 aliphatic rings. The van der Waals surface area contributed by atoms with E-state index in [0.29, 0.717) is 18.9 Å². The average Bonchev–Trinajstić information content (AvgIpc) is 2.51. The maximum Gasteiger partial charge on any atom is 0.526 e. The Morgan fingerprint density at radius 1 is 1.08 bits per heavy atom. The first-order chi connectivity index (χ1) is 12.2. The van der Waals surface area contributed by atoms with Crippen LogP contribution in [-0.4, -0.2) is 14.2 Å². The molecular weight excluding hydrogens is 335 g/mol. The molecule has 0 radical (unpaired) electrons. The van der Waals surface area contributed by atoms with E-state index in [1.807, 2.05) is 6.08 Å². The van der Waals surface area contributed by atoms with Crippen LogP contribution in [0.4, 0.5) is 0 Å². The summed E-state index contributed by atoms with van der Waals surface area (Å²) in [6.45, 7) is 13.0. The molecule has 0 aromatic carbocycles. The van der Waals surface area contributed by atoms with E-state index in [9.17, 15) is 4.57 Å². The molecular formula is C20H36O4P+. The van der Waals surface area contributed by atoms with Crippen molar-refractivity contribution in [3.05, 3.63) is 34.9 Å². The molecule has 0 amide bonds. The largest absolute Gasteiger partial charge is 0.526 e. The minimum Gasteiger partial charge on any atom is -0.345 e. The van der Waals surface area contributed by atoms with E-state index < -0.39 is 14.9 Å². The summed E-state index contributed by atoms with van der Waals surface area (Å²) in [7, 11) is -2.55. The summed E-state index contributed by atoms with van der Waals surface area (Å²) in [5.74, 6) is 0.366. The van der Waals surface area contributed by atoms with Gasteiger partial charge in [0.2, 0.25) is 0 Å². The van der Waals surface area contributed by atoms with Crippen LogP contribution in [0.2, 0.25) is 0 Å². The van der Waals surface area contributed by atoms with Gasteiger partial charge in [0.05, 0.1) is 6.61 Å². The van der Waals surface area contributed by atoms with E-state index in [4.69, 9.17) is 10.9 Å². The molecule has 0 aliphatic carbocycles. The lowest BCUT2D eigenvalue weighted by Crippen LogP contribution is -2.19. The van der Waals surface area contributed by atoms with Gasteiger partial charge in [0.25, 0.3) is 0 Å². The van der Waals surface area contributed by atoms with Crippen LogP contribution in [0.3, 0.4) is 0 Å². The van der Waals surface area contributed by atoms with Gasteiger partial charge in [0, 0.05) is 11.1 Å². The van der Waals surface area contributed by atoms with Crippen LogP contribution in [0, 0.1) is 5.92 Å². The second kappa shape index (κ2) is 15.5. The van der Waals surface area contributed by atoms with E-state index in [1.54, 1.807) is 0 Å². The lowest BCUT2D eigenvalue weighted by atomic mass is 10.0. The van der Waals surface area contributed by atoms with Crippen molar-refractivity contribution in [2.24, 2.45) is 5.92 Å². The predicted molar refractivity (Wildman–Crippen MR) is 106 cm³/mol. The Morgan fingerprint density at radius 3 is 2.32 bits per heavy atom.